The van der Waals surface area contributed by atoms with Gasteiger partial charge in [-0.25, -0.2) is 9.59 Å². The number of rotatable bonds is 1. The maximum atomic E-state index is 11.0. The molecule has 0 aliphatic rings. The van der Waals surface area contributed by atoms with Crippen LogP contribution in [0.3, 0.4) is 0 Å². The molecule has 1 aromatic heterocycles. The second-order valence-electron chi connectivity index (χ2n) is 3.09. The molecule has 1 N–H and O–H groups in total. The lowest BCUT2D eigenvalue weighted by Crippen LogP contribution is -2.21. The fourth-order valence-electron chi connectivity index (χ4n) is 1.26. The van der Waals surface area contributed by atoms with E-state index in [0.717, 1.165) is 5.39 Å². The molecule has 1 heterocycles. The van der Waals surface area contributed by atoms with E-state index >= 15 is 0 Å². The minimum Gasteiger partial charge on any atom is -0.423 e. The molecule has 0 aliphatic carbocycles. The average Bonchev–Trinajstić information content (AvgIpc) is 2.28. The summed E-state index contributed by atoms with van der Waals surface area (Å²) in [5, 5.41) is 3.09. The number of fused-ring (bicyclic) bond motifs is 1. The Morgan fingerprint density at radius 3 is 2.81 bits per heavy atom. The molecule has 0 aliphatic heterocycles. The van der Waals surface area contributed by atoms with Crippen LogP contribution in [0.1, 0.15) is 0 Å². The highest BCUT2D eigenvalue weighted by Gasteiger charge is 2.03. The van der Waals surface area contributed by atoms with Gasteiger partial charge < -0.3 is 14.5 Å². The summed E-state index contributed by atoms with van der Waals surface area (Å²) in [7, 11) is 1.46. The smallest absolute Gasteiger partial charge is 0.412 e. The van der Waals surface area contributed by atoms with E-state index in [1.165, 1.54) is 19.2 Å². The summed E-state index contributed by atoms with van der Waals surface area (Å²) in [5.41, 5.74) is -0.0569. The standard InChI is InChI=1S/C11H9NO4/c1-12-11(14)15-8-4-2-7-3-5-10(13)16-9(7)6-8/h2-6H,1H3,(H,12,14). The number of amides is 1. The van der Waals surface area contributed by atoms with Crippen LogP contribution >= 0.6 is 0 Å². The highest BCUT2D eigenvalue weighted by atomic mass is 16.6. The molecule has 0 unspecified atom stereocenters. The molecule has 2 rings (SSSR count). The van der Waals surface area contributed by atoms with Gasteiger partial charge in [-0.3, -0.25) is 0 Å². The summed E-state index contributed by atoms with van der Waals surface area (Å²) in [6, 6.07) is 7.80. The van der Waals surface area contributed by atoms with Gasteiger partial charge in [0.05, 0.1) is 0 Å². The van der Waals surface area contributed by atoms with E-state index < -0.39 is 11.7 Å². The molecule has 2 aromatic rings. The monoisotopic (exact) mass is 219 g/mol. The van der Waals surface area contributed by atoms with Crippen molar-refractivity contribution in [3.8, 4) is 5.75 Å². The quantitative estimate of drug-likeness (QED) is 0.738. The van der Waals surface area contributed by atoms with Crippen molar-refractivity contribution in [1.29, 1.82) is 0 Å². The number of ether oxygens (including phenoxy) is 1. The lowest BCUT2D eigenvalue weighted by molar-refractivity contribution is 0.203. The van der Waals surface area contributed by atoms with E-state index in [9.17, 15) is 9.59 Å². The van der Waals surface area contributed by atoms with Crippen LogP contribution in [0.15, 0.2) is 39.5 Å². The van der Waals surface area contributed by atoms with Gasteiger partial charge in [0.2, 0.25) is 0 Å². The lowest BCUT2D eigenvalue weighted by Gasteiger charge is -2.03. The van der Waals surface area contributed by atoms with Crippen LogP contribution in [-0.2, 0) is 0 Å². The summed E-state index contributed by atoms with van der Waals surface area (Å²) in [4.78, 5) is 21.9. The summed E-state index contributed by atoms with van der Waals surface area (Å²) in [5.74, 6) is 0.321. The highest BCUT2D eigenvalue weighted by molar-refractivity contribution is 5.79. The topological polar surface area (TPSA) is 68.5 Å². The Bertz CT molecular complexity index is 588. The van der Waals surface area contributed by atoms with Gasteiger partial charge in [0.1, 0.15) is 11.3 Å². The largest absolute Gasteiger partial charge is 0.423 e. The van der Waals surface area contributed by atoms with Gasteiger partial charge in [0.15, 0.2) is 0 Å². The second-order valence-corrected chi connectivity index (χ2v) is 3.09. The van der Waals surface area contributed by atoms with Crippen molar-refractivity contribution in [2.24, 2.45) is 0 Å². The van der Waals surface area contributed by atoms with Crippen molar-refractivity contribution in [2.75, 3.05) is 7.05 Å². The summed E-state index contributed by atoms with van der Waals surface area (Å²) in [6.07, 6.45) is -0.572. The number of hydrogen-bond acceptors (Lipinski definition) is 4. The third kappa shape index (κ3) is 2.03. The molecule has 82 valence electrons. The normalized spacial score (nSPS) is 10.1. The first-order valence-electron chi connectivity index (χ1n) is 4.62. The molecule has 1 amide bonds. The molecular weight excluding hydrogens is 210 g/mol. The lowest BCUT2D eigenvalue weighted by atomic mass is 10.2. The van der Waals surface area contributed by atoms with Crippen molar-refractivity contribution < 1.29 is 13.9 Å². The Balaban J connectivity index is 2.42. The third-order valence-corrected chi connectivity index (χ3v) is 2.01. The zero-order valence-corrected chi connectivity index (χ0v) is 8.52. The fourth-order valence-corrected chi connectivity index (χ4v) is 1.26. The van der Waals surface area contributed by atoms with Gasteiger partial charge in [0.25, 0.3) is 0 Å². The first kappa shape index (κ1) is 10.2. The Morgan fingerprint density at radius 1 is 1.31 bits per heavy atom. The molecule has 0 radical (unpaired) electrons. The first-order chi connectivity index (χ1) is 7.69. The summed E-state index contributed by atoms with van der Waals surface area (Å²) >= 11 is 0. The van der Waals surface area contributed by atoms with E-state index in [4.69, 9.17) is 9.15 Å². The van der Waals surface area contributed by atoms with Gasteiger partial charge in [0, 0.05) is 24.6 Å². The number of benzene rings is 1. The minimum absolute atomic E-state index is 0.321. The van der Waals surface area contributed by atoms with Gasteiger partial charge >= 0.3 is 11.7 Å². The maximum absolute atomic E-state index is 11.0. The summed E-state index contributed by atoms with van der Waals surface area (Å²) in [6.45, 7) is 0. The van der Waals surface area contributed by atoms with Crippen LogP contribution in [0.4, 0.5) is 4.79 Å². The zero-order valence-electron chi connectivity index (χ0n) is 8.52. The van der Waals surface area contributed by atoms with E-state index in [2.05, 4.69) is 5.32 Å². The Labute approximate surface area is 90.6 Å². The van der Waals surface area contributed by atoms with Crippen LogP contribution in [-0.4, -0.2) is 13.1 Å². The van der Waals surface area contributed by atoms with Gasteiger partial charge in [-0.1, -0.05) is 0 Å². The number of carbonyl (C=O) groups excluding carboxylic acids is 1. The SMILES string of the molecule is CNC(=O)Oc1ccc2ccc(=O)oc2c1. The van der Waals surface area contributed by atoms with Crippen molar-refractivity contribution in [3.63, 3.8) is 0 Å². The number of carbonyl (C=O) groups is 1. The zero-order chi connectivity index (χ0) is 11.5. The fraction of sp³-hybridized carbons (Fsp3) is 0.0909. The van der Waals surface area contributed by atoms with Gasteiger partial charge in [-0.2, -0.15) is 0 Å². The van der Waals surface area contributed by atoms with E-state index in [-0.39, 0.29) is 0 Å². The molecule has 0 spiro atoms. The predicted octanol–water partition coefficient (Wildman–Crippen LogP) is 1.51. The highest BCUT2D eigenvalue weighted by Crippen LogP contribution is 2.19. The van der Waals surface area contributed by atoms with Crippen LogP contribution < -0.4 is 15.7 Å². The Hall–Kier alpha value is -2.30. The Morgan fingerprint density at radius 2 is 2.06 bits per heavy atom. The molecule has 0 saturated heterocycles. The van der Waals surface area contributed by atoms with E-state index in [1.54, 1.807) is 18.2 Å². The van der Waals surface area contributed by atoms with Crippen LogP contribution in [0.2, 0.25) is 0 Å². The molecule has 5 heteroatoms. The van der Waals surface area contributed by atoms with Crippen LogP contribution in [0, 0.1) is 0 Å². The molecular formula is C11H9NO4. The summed E-state index contributed by atoms with van der Waals surface area (Å²) < 4.78 is 9.85. The van der Waals surface area contributed by atoms with Crippen molar-refractivity contribution in [3.05, 3.63) is 40.8 Å². The van der Waals surface area contributed by atoms with E-state index in [1.807, 2.05) is 0 Å². The predicted molar refractivity (Wildman–Crippen MR) is 57.6 cm³/mol. The minimum atomic E-state index is -0.572. The van der Waals surface area contributed by atoms with Crippen molar-refractivity contribution in [2.45, 2.75) is 0 Å². The molecule has 0 bridgehead atoms. The molecule has 0 atom stereocenters. The average molecular weight is 219 g/mol. The van der Waals surface area contributed by atoms with Crippen LogP contribution in [0.25, 0.3) is 11.0 Å². The second kappa shape index (κ2) is 4.06. The Kier molecular flexibility index (Phi) is 2.59. The molecule has 1 aromatic carbocycles. The molecule has 5 nitrogen and oxygen atoms in total. The number of nitrogens with one attached hydrogen (secondary N) is 1. The third-order valence-electron chi connectivity index (χ3n) is 2.01. The maximum Gasteiger partial charge on any atom is 0.412 e. The molecule has 0 saturated carbocycles. The first-order valence-corrected chi connectivity index (χ1v) is 4.62. The van der Waals surface area contributed by atoms with Gasteiger partial charge in [-0.15, -0.1) is 0 Å². The molecule has 0 fully saturated rings. The van der Waals surface area contributed by atoms with Gasteiger partial charge in [-0.05, 0) is 18.2 Å². The number of hydrogen-bond donors (Lipinski definition) is 1. The molecule has 16 heavy (non-hydrogen) atoms. The van der Waals surface area contributed by atoms with Crippen LogP contribution in [0.5, 0.6) is 5.75 Å². The van der Waals surface area contributed by atoms with E-state index in [0.29, 0.717) is 11.3 Å². The van der Waals surface area contributed by atoms with Crippen molar-refractivity contribution >= 4 is 17.1 Å². The van der Waals surface area contributed by atoms with Crippen molar-refractivity contribution in [1.82, 2.24) is 5.32 Å².